The van der Waals surface area contributed by atoms with Crippen LogP contribution in [0.3, 0.4) is 0 Å². The van der Waals surface area contributed by atoms with Crippen molar-refractivity contribution in [2.45, 2.75) is 32.6 Å². The van der Waals surface area contributed by atoms with E-state index in [-0.39, 0.29) is 0 Å². The average molecular weight is 240 g/mol. The van der Waals surface area contributed by atoms with Crippen molar-refractivity contribution in [1.29, 1.82) is 0 Å². The third kappa shape index (κ3) is 3.15. The summed E-state index contributed by atoms with van der Waals surface area (Å²) in [6.45, 7) is 7.56. The Kier molecular flexibility index (Phi) is 4.12. The van der Waals surface area contributed by atoms with Crippen LogP contribution in [0.25, 0.3) is 0 Å². The standard InChI is InChI=1S/C11H20N4S/c1-8(2)10-14-11(16-15-10)13-7-9-4-3-5-12-6-9/h8-9,12H,3-7H2,1-2H3,(H,13,14,15). The van der Waals surface area contributed by atoms with Gasteiger partial charge in [-0.2, -0.15) is 4.37 Å². The molecule has 1 saturated heterocycles. The zero-order valence-electron chi connectivity index (χ0n) is 9.99. The second kappa shape index (κ2) is 5.59. The Morgan fingerprint density at radius 3 is 3.06 bits per heavy atom. The zero-order valence-corrected chi connectivity index (χ0v) is 10.8. The van der Waals surface area contributed by atoms with Crippen LogP contribution in [0, 0.1) is 5.92 Å². The topological polar surface area (TPSA) is 49.8 Å². The molecular formula is C11H20N4S. The van der Waals surface area contributed by atoms with Crippen LogP contribution >= 0.6 is 11.5 Å². The maximum absolute atomic E-state index is 4.47. The first kappa shape index (κ1) is 11.8. The number of rotatable bonds is 4. The summed E-state index contributed by atoms with van der Waals surface area (Å²) in [7, 11) is 0. The fraction of sp³-hybridized carbons (Fsp3) is 0.818. The van der Waals surface area contributed by atoms with Crippen molar-refractivity contribution in [2.24, 2.45) is 5.92 Å². The number of hydrogen-bond donors (Lipinski definition) is 2. The summed E-state index contributed by atoms with van der Waals surface area (Å²) in [5.41, 5.74) is 0. The van der Waals surface area contributed by atoms with E-state index in [9.17, 15) is 0 Å². The molecule has 0 amide bonds. The van der Waals surface area contributed by atoms with Crippen LogP contribution in [0.15, 0.2) is 0 Å². The van der Waals surface area contributed by atoms with Gasteiger partial charge in [-0.05, 0) is 31.8 Å². The Balaban J connectivity index is 1.79. The van der Waals surface area contributed by atoms with Gasteiger partial charge in [-0.25, -0.2) is 4.98 Å². The van der Waals surface area contributed by atoms with Gasteiger partial charge in [0.1, 0.15) is 5.82 Å². The van der Waals surface area contributed by atoms with Gasteiger partial charge in [0.15, 0.2) is 0 Å². The molecule has 0 bridgehead atoms. The van der Waals surface area contributed by atoms with Gasteiger partial charge in [0.05, 0.1) is 0 Å². The van der Waals surface area contributed by atoms with Crippen molar-refractivity contribution in [1.82, 2.24) is 14.7 Å². The van der Waals surface area contributed by atoms with Crippen molar-refractivity contribution in [3.05, 3.63) is 5.82 Å². The number of nitrogens with zero attached hydrogens (tertiary/aromatic N) is 2. The Bertz CT molecular complexity index is 318. The predicted molar refractivity (Wildman–Crippen MR) is 68.1 cm³/mol. The lowest BCUT2D eigenvalue weighted by Crippen LogP contribution is -2.33. The van der Waals surface area contributed by atoms with E-state index in [0.29, 0.717) is 5.92 Å². The highest BCUT2D eigenvalue weighted by atomic mass is 32.1. The second-order valence-electron chi connectivity index (χ2n) is 4.71. The lowest BCUT2D eigenvalue weighted by atomic mass is 10.00. The highest BCUT2D eigenvalue weighted by Crippen LogP contribution is 2.18. The highest BCUT2D eigenvalue weighted by Gasteiger charge is 2.13. The van der Waals surface area contributed by atoms with Crippen LogP contribution in [0.2, 0.25) is 0 Å². The normalized spacial score (nSPS) is 21.3. The average Bonchev–Trinajstić information content (AvgIpc) is 2.76. The second-order valence-corrected chi connectivity index (χ2v) is 5.46. The first-order chi connectivity index (χ1) is 7.75. The van der Waals surface area contributed by atoms with Gasteiger partial charge in [0.2, 0.25) is 5.13 Å². The monoisotopic (exact) mass is 240 g/mol. The minimum atomic E-state index is 0.420. The molecule has 16 heavy (non-hydrogen) atoms. The number of nitrogens with one attached hydrogen (secondary N) is 2. The number of hydrogen-bond acceptors (Lipinski definition) is 5. The summed E-state index contributed by atoms with van der Waals surface area (Å²) in [5, 5.41) is 7.78. The van der Waals surface area contributed by atoms with Crippen LogP contribution in [-0.2, 0) is 0 Å². The molecule has 1 unspecified atom stereocenters. The van der Waals surface area contributed by atoms with Gasteiger partial charge >= 0.3 is 0 Å². The van der Waals surface area contributed by atoms with Crippen molar-refractivity contribution >= 4 is 16.7 Å². The van der Waals surface area contributed by atoms with Crippen molar-refractivity contribution in [3.8, 4) is 0 Å². The third-order valence-electron chi connectivity index (χ3n) is 2.90. The molecule has 0 aromatic carbocycles. The van der Waals surface area contributed by atoms with Crippen LogP contribution in [0.1, 0.15) is 38.4 Å². The lowest BCUT2D eigenvalue weighted by Gasteiger charge is -2.22. The maximum Gasteiger partial charge on any atom is 0.202 e. The molecule has 2 N–H and O–H groups in total. The molecule has 2 rings (SSSR count). The van der Waals surface area contributed by atoms with E-state index in [1.807, 2.05) is 0 Å². The third-order valence-corrected chi connectivity index (χ3v) is 3.59. The molecule has 0 saturated carbocycles. The Labute approximate surface area is 101 Å². The van der Waals surface area contributed by atoms with Crippen molar-refractivity contribution in [2.75, 3.05) is 25.0 Å². The summed E-state index contributed by atoms with van der Waals surface area (Å²) in [4.78, 5) is 4.47. The summed E-state index contributed by atoms with van der Waals surface area (Å²) < 4.78 is 4.33. The predicted octanol–water partition coefficient (Wildman–Crippen LogP) is 2.07. The molecule has 1 aromatic rings. The SMILES string of the molecule is CC(C)c1nsc(NCC2CCCNC2)n1. The first-order valence-electron chi connectivity index (χ1n) is 6.04. The summed E-state index contributed by atoms with van der Waals surface area (Å²) in [5.74, 6) is 2.11. The molecule has 1 atom stereocenters. The van der Waals surface area contributed by atoms with E-state index in [1.54, 1.807) is 0 Å². The minimum absolute atomic E-state index is 0.420. The van der Waals surface area contributed by atoms with Gasteiger partial charge in [-0.3, -0.25) is 0 Å². The number of piperidine rings is 1. The van der Waals surface area contributed by atoms with Gasteiger partial charge in [0, 0.05) is 24.0 Å². The molecule has 90 valence electrons. The molecule has 4 nitrogen and oxygen atoms in total. The largest absolute Gasteiger partial charge is 0.360 e. The lowest BCUT2D eigenvalue weighted by molar-refractivity contribution is 0.393. The van der Waals surface area contributed by atoms with E-state index in [2.05, 4.69) is 33.8 Å². The molecule has 1 aliphatic heterocycles. The van der Waals surface area contributed by atoms with E-state index in [0.717, 1.165) is 30.0 Å². The van der Waals surface area contributed by atoms with Gasteiger partial charge in [-0.1, -0.05) is 13.8 Å². The number of aromatic nitrogens is 2. The van der Waals surface area contributed by atoms with Crippen molar-refractivity contribution < 1.29 is 0 Å². The Hall–Kier alpha value is -0.680. The molecule has 2 heterocycles. The van der Waals surface area contributed by atoms with Crippen LogP contribution < -0.4 is 10.6 Å². The molecule has 1 aliphatic rings. The maximum atomic E-state index is 4.47. The number of anilines is 1. The zero-order chi connectivity index (χ0) is 11.4. The van der Waals surface area contributed by atoms with Gasteiger partial charge < -0.3 is 10.6 Å². The molecule has 1 fully saturated rings. The van der Waals surface area contributed by atoms with E-state index >= 15 is 0 Å². The van der Waals surface area contributed by atoms with E-state index < -0.39 is 0 Å². The Morgan fingerprint density at radius 2 is 2.44 bits per heavy atom. The highest BCUT2D eigenvalue weighted by molar-refractivity contribution is 7.09. The fourth-order valence-electron chi connectivity index (χ4n) is 1.87. The summed E-state index contributed by atoms with van der Waals surface area (Å²) in [6, 6.07) is 0. The molecule has 1 aromatic heterocycles. The molecule has 0 radical (unpaired) electrons. The van der Waals surface area contributed by atoms with Crippen molar-refractivity contribution in [3.63, 3.8) is 0 Å². The van der Waals surface area contributed by atoms with Crippen LogP contribution in [0.4, 0.5) is 5.13 Å². The first-order valence-corrected chi connectivity index (χ1v) is 6.81. The van der Waals surface area contributed by atoms with Crippen LogP contribution in [-0.4, -0.2) is 29.0 Å². The Morgan fingerprint density at radius 1 is 1.56 bits per heavy atom. The van der Waals surface area contributed by atoms with Crippen LogP contribution in [0.5, 0.6) is 0 Å². The molecule has 0 aliphatic carbocycles. The van der Waals surface area contributed by atoms with Gasteiger partial charge in [-0.15, -0.1) is 0 Å². The minimum Gasteiger partial charge on any atom is -0.360 e. The fourth-order valence-corrected chi connectivity index (χ4v) is 2.58. The summed E-state index contributed by atoms with van der Waals surface area (Å²) >= 11 is 1.47. The van der Waals surface area contributed by atoms with E-state index in [1.165, 1.54) is 30.9 Å². The van der Waals surface area contributed by atoms with E-state index in [4.69, 9.17) is 0 Å². The summed E-state index contributed by atoms with van der Waals surface area (Å²) in [6.07, 6.45) is 2.61. The van der Waals surface area contributed by atoms with Gasteiger partial charge in [0.25, 0.3) is 0 Å². The molecule has 5 heteroatoms. The smallest absolute Gasteiger partial charge is 0.202 e. The molecule has 0 spiro atoms. The quantitative estimate of drug-likeness (QED) is 0.846. The molecular weight excluding hydrogens is 220 g/mol.